The fourth-order valence-electron chi connectivity index (χ4n) is 7.32. The van der Waals surface area contributed by atoms with E-state index >= 15 is 4.39 Å². The van der Waals surface area contributed by atoms with Crippen molar-refractivity contribution in [2.45, 2.75) is 103 Å². The SMILES string of the molecule is CC(C)(C)C[C@H](NC(=O)OC(C)(C)C)C(=O)N1CCN(C(=O)[C@@H]2CN(C3CCOCC3)C[C@H]2c2ccc(Cl)cc2F)CC12CC2. The number of nitrogens with zero attached hydrogens (tertiary/aromatic N) is 3. The zero-order valence-electron chi connectivity index (χ0n) is 27.7. The Morgan fingerprint density at radius 1 is 1.09 bits per heavy atom. The molecule has 3 saturated heterocycles. The van der Waals surface area contributed by atoms with Gasteiger partial charge in [-0.25, -0.2) is 9.18 Å². The minimum atomic E-state index is -0.736. The molecule has 3 amide bonds. The third-order valence-electron chi connectivity index (χ3n) is 9.60. The van der Waals surface area contributed by atoms with Gasteiger partial charge in [-0.1, -0.05) is 38.4 Å². The predicted molar refractivity (Wildman–Crippen MR) is 171 cm³/mol. The molecule has 1 aromatic carbocycles. The normalized spacial score (nSPS) is 24.9. The van der Waals surface area contributed by atoms with Crippen molar-refractivity contribution >= 4 is 29.5 Å². The number of rotatable bonds is 6. The van der Waals surface area contributed by atoms with Gasteiger partial charge >= 0.3 is 6.09 Å². The number of ether oxygens (including phenoxy) is 2. The second kappa shape index (κ2) is 13.0. The summed E-state index contributed by atoms with van der Waals surface area (Å²) in [5.74, 6) is -1.19. The van der Waals surface area contributed by atoms with Gasteiger partial charge in [0.05, 0.1) is 11.5 Å². The van der Waals surface area contributed by atoms with Gasteiger partial charge in [-0.3, -0.25) is 14.5 Å². The second-order valence-electron chi connectivity index (χ2n) is 15.6. The molecule has 0 unspecified atom stereocenters. The minimum absolute atomic E-state index is 0.0143. The monoisotopic (exact) mass is 648 g/mol. The van der Waals surface area contributed by atoms with E-state index < -0.39 is 29.2 Å². The quantitative estimate of drug-likeness (QED) is 0.456. The van der Waals surface area contributed by atoms with Gasteiger partial charge in [0.2, 0.25) is 11.8 Å². The number of hydrogen-bond acceptors (Lipinski definition) is 6. The minimum Gasteiger partial charge on any atom is -0.444 e. The van der Waals surface area contributed by atoms with Gasteiger partial charge in [-0.15, -0.1) is 0 Å². The van der Waals surface area contributed by atoms with Crippen LogP contribution in [0.1, 0.15) is 85.1 Å². The predicted octanol–water partition coefficient (Wildman–Crippen LogP) is 5.21. The lowest BCUT2D eigenvalue weighted by molar-refractivity contribution is -0.148. The van der Waals surface area contributed by atoms with E-state index in [0.717, 1.165) is 25.7 Å². The molecule has 5 rings (SSSR count). The molecular weight excluding hydrogens is 599 g/mol. The largest absolute Gasteiger partial charge is 0.444 e. The van der Waals surface area contributed by atoms with E-state index in [-0.39, 0.29) is 29.0 Å². The number of benzene rings is 1. The molecular formula is C34H50ClFN4O5. The molecule has 11 heteroatoms. The summed E-state index contributed by atoms with van der Waals surface area (Å²) in [6.07, 6.45) is 3.23. The fourth-order valence-corrected chi connectivity index (χ4v) is 7.48. The van der Waals surface area contributed by atoms with E-state index in [9.17, 15) is 14.4 Å². The third kappa shape index (κ3) is 8.11. The first-order valence-electron chi connectivity index (χ1n) is 16.4. The first-order valence-corrected chi connectivity index (χ1v) is 16.8. The van der Waals surface area contributed by atoms with Gasteiger partial charge in [0, 0.05) is 62.9 Å². The number of piperazine rings is 1. The number of carbonyl (C=O) groups excluding carboxylic acids is 3. The summed E-state index contributed by atoms with van der Waals surface area (Å²) in [7, 11) is 0. The summed E-state index contributed by atoms with van der Waals surface area (Å²) in [4.78, 5) is 47.3. The highest BCUT2D eigenvalue weighted by molar-refractivity contribution is 6.30. The van der Waals surface area contributed by atoms with E-state index in [1.165, 1.54) is 6.07 Å². The molecule has 4 fully saturated rings. The third-order valence-corrected chi connectivity index (χ3v) is 9.83. The summed E-state index contributed by atoms with van der Waals surface area (Å²) in [6.45, 7) is 15.3. The van der Waals surface area contributed by atoms with E-state index in [1.54, 1.807) is 32.9 Å². The summed E-state index contributed by atoms with van der Waals surface area (Å²) in [5.41, 5.74) is -0.817. The van der Waals surface area contributed by atoms with Crippen LogP contribution in [0.3, 0.4) is 0 Å². The van der Waals surface area contributed by atoms with Gasteiger partial charge in [-0.2, -0.15) is 0 Å². The number of carbonyl (C=O) groups is 3. The highest BCUT2D eigenvalue weighted by atomic mass is 35.5. The highest BCUT2D eigenvalue weighted by Crippen LogP contribution is 2.46. The smallest absolute Gasteiger partial charge is 0.408 e. The van der Waals surface area contributed by atoms with Crippen LogP contribution in [0, 0.1) is 17.2 Å². The van der Waals surface area contributed by atoms with E-state index in [0.29, 0.717) is 69.0 Å². The standard InChI is InChI=1S/C34H50ClFN4O5/c1-32(2,3)18-28(37-31(43)45-33(4,5)6)30(42)40-14-13-38(21-34(40)11-12-34)29(41)26-20-39(23-9-15-44-16-10-23)19-25(26)24-8-7-22(35)17-27(24)36/h7-8,17,23,25-26,28H,9-16,18-21H2,1-6H3,(H,37,43)/t25-,26+,28-/m0/s1. The van der Waals surface area contributed by atoms with Crippen molar-refractivity contribution in [3.63, 3.8) is 0 Å². The van der Waals surface area contributed by atoms with Gasteiger partial charge in [0.25, 0.3) is 0 Å². The maximum absolute atomic E-state index is 15.3. The van der Waals surface area contributed by atoms with Crippen LogP contribution in [0.15, 0.2) is 18.2 Å². The number of hydrogen-bond donors (Lipinski definition) is 1. The summed E-state index contributed by atoms with van der Waals surface area (Å²) in [6, 6.07) is 4.32. The lowest BCUT2D eigenvalue weighted by Gasteiger charge is -2.45. The maximum Gasteiger partial charge on any atom is 0.408 e. The molecule has 3 heterocycles. The van der Waals surface area contributed by atoms with Gasteiger partial charge < -0.3 is 24.6 Å². The molecule has 1 saturated carbocycles. The molecule has 0 radical (unpaired) electrons. The molecule has 1 aliphatic carbocycles. The van der Waals surface area contributed by atoms with Crippen LogP contribution in [0.4, 0.5) is 9.18 Å². The number of alkyl carbamates (subject to hydrolysis) is 1. The summed E-state index contributed by atoms with van der Waals surface area (Å²) in [5, 5.41) is 3.18. The first kappa shape index (κ1) is 33.9. The zero-order valence-corrected chi connectivity index (χ0v) is 28.4. The molecule has 3 atom stereocenters. The van der Waals surface area contributed by atoms with Gasteiger partial charge in [-0.05, 0) is 76.0 Å². The van der Waals surface area contributed by atoms with Gasteiger partial charge in [0.15, 0.2) is 0 Å². The Hall–Kier alpha value is -2.43. The van der Waals surface area contributed by atoms with Crippen LogP contribution < -0.4 is 5.32 Å². The van der Waals surface area contributed by atoms with Crippen molar-refractivity contribution in [3.05, 3.63) is 34.6 Å². The average molecular weight is 649 g/mol. The second-order valence-corrected chi connectivity index (χ2v) is 16.1. The Labute approximate surface area is 272 Å². The van der Waals surface area contributed by atoms with Crippen molar-refractivity contribution in [3.8, 4) is 0 Å². The molecule has 4 aliphatic rings. The fraction of sp³-hybridized carbons (Fsp3) is 0.735. The Kier molecular flexibility index (Phi) is 9.79. The van der Waals surface area contributed by atoms with Crippen LogP contribution in [0.5, 0.6) is 0 Å². The number of likely N-dealkylation sites (tertiary alicyclic amines) is 1. The Balaban J connectivity index is 1.32. The molecule has 3 aliphatic heterocycles. The Morgan fingerprint density at radius 2 is 1.78 bits per heavy atom. The lowest BCUT2D eigenvalue weighted by Crippen LogP contribution is -2.63. The molecule has 1 N–H and O–H groups in total. The van der Waals surface area contributed by atoms with Crippen molar-refractivity contribution < 1.29 is 28.2 Å². The zero-order chi connectivity index (χ0) is 32.7. The average Bonchev–Trinajstić information content (AvgIpc) is 3.55. The highest BCUT2D eigenvalue weighted by Gasteiger charge is 2.56. The Bertz CT molecular complexity index is 1270. The van der Waals surface area contributed by atoms with Crippen molar-refractivity contribution in [1.82, 2.24) is 20.0 Å². The van der Waals surface area contributed by atoms with Crippen LogP contribution in [-0.4, -0.2) is 102 Å². The van der Waals surface area contributed by atoms with Crippen molar-refractivity contribution in [2.24, 2.45) is 11.3 Å². The van der Waals surface area contributed by atoms with Crippen molar-refractivity contribution in [2.75, 3.05) is 45.9 Å². The molecule has 0 aromatic heterocycles. The first-order chi connectivity index (χ1) is 21.1. The lowest BCUT2D eigenvalue weighted by atomic mass is 9.86. The van der Waals surface area contributed by atoms with Crippen molar-refractivity contribution in [1.29, 1.82) is 0 Å². The van der Waals surface area contributed by atoms with Crippen LogP contribution in [0.2, 0.25) is 5.02 Å². The molecule has 250 valence electrons. The topological polar surface area (TPSA) is 91.4 Å². The number of amides is 3. The maximum atomic E-state index is 15.3. The number of nitrogens with one attached hydrogen (secondary N) is 1. The summed E-state index contributed by atoms with van der Waals surface area (Å²) >= 11 is 6.08. The van der Waals surface area contributed by atoms with E-state index in [1.807, 2.05) is 30.6 Å². The van der Waals surface area contributed by atoms with E-state index in [4.69, 9.17) is 21.1 Å². The van der Waals surface area contributed by atoms with Crippen LogP contribution >= 0.6 is 11.6 Å². The molecule has 45 heavy (non-hydrogen) atoms. The molecule has 1 aromatic rings. The van der Waals surface area contributed by atoms with Gasteiger partial charge in [0.1, 0.15) is 17.5 Å². The molecule has 1 spiro atoms. The van der Waals surface area contributed by atoms with E-state index in [2.05, 4.69) is 10.2 Å². The number of halogens is 2. The van der Waals surface area contributed by atoms with Crippen LogP contribution in [0.25, 0.3) is 0 Å². The Morgan fingerprint density at radius 3 is 2.38 bits per heavy atom. The molecule has 0 bridgehead atoms. The molecule has 9 nitrogen and oxygen atoms in total. The summed E-state index contributed by atoms with van der Waals surface area (Å²) < 4.78 is 26.3. The van der Waals surface area contributed by atoms with Crippen LogP contribution in [-0.2, 0) is 19.1 Å².